The van der Waals surface area contributed by atoms with Crippen molar-refractivity contribution in [3.8, 4) is 5.75 Å². The Bertz CT molecular complexity index is 1090. The summed E-state index contributed by atoms with van der Waals surface area (Å²) in [6, 6.07) is 4.14. The maximum Gasteiger partial charge on any atom is 0.461 e. The van der Waals surface area contributed by atoms with Crippen molar-refractivity contribution in [3.05, 3.63) is 52.7 Å². The number of hydrogen-bond donors (Lipinski definition) is 1. The number of aromatic nitrogens is 1. The van der Waals surface area contributed by atoms with E-state index >= 15 is 0 Å². The number of amides is 3. The standard InChI is InChI=1S/C20H16ClF7N4O3/c21-13-9-11(19(24,25)26)10-29-15(13)31-5-7-32(8-6-31)18(34)30-16(33)12-3-1-2-4-14(12)35-20(27,28)17(22)23/h1-4,9-10,17H,5-8H2,(H,30,33,34). The minimum atomic E-state index is -4.86. The molecule has 1 aromatic carbocycles. The summed E-state index contributed by atoms with van der Waals surface area (Å²) in [6.07, 6.45) is -13.0. The summed E-state index contributed by atoms with van der Waals surface area (Å²) in [7, 11) is 0. The highest BCUT2D eigenvalue weighted by atomic mass is 35.5. The van der Waals surface area contributed by atoms with Crippen LogP contribution in [0, 0.1) is 0 Å². The summed E-state index contributed by atoms with van der Waals surface area (Å²) in [6.45, 7) is 0.250. The molecule has 15 heteroatoms. The van der Waals surface area contributed by atoms with Crippen molar-refractivity contribution in [2.24, 2.45) is 0 Å². The van der Waals surface area contributed by atoms with E-state index in [9.17, 15) is 40.3 Å². The van der Waals surface area contributed by atoms with Crippen LogP contribution in [-0.2, 0) is 6.18 Å². The van der Waals surface area contributed by atoms with Crippen LogP contribution < -0.4 is 15.0 Å². The van der Waals surface area contributed by atoms with Gasteiger partial charge >= 0.3 is 24.7 Å². The number of para-hydroxylation sites is 1. The number of imide groups is 1. The van der Waals surface area contributed by atoms with Crippen molar-refractivity contribution >= 4 is 29.4 Å². The van der Waals surface area contributed by atoms with E-state index in [0.717, 1.165) is 18.2 Å². The third-order valence-corrected chi connectivity index (χ3v) is 5.15. The van der Waals surface area contributed by atoms with Crippen LogP contribution in [0.3, 0.4) is 0 Å². The van der Waals surface area contributed by atoms with Crippen LogP contribution in [0.2, 0.25) is 5.02 Å². The van der Waals surface area contributed by atoms with Crippen LogP contribution in [0.1, 0.15) is 15.9 Å². The molecule has 0 radical (unpaired) electrons. The molecule has 0 atom stereocenters. The Morgan fingerprint density at radius 2 is 1.69 bits per heavy atom. The van der Waals surface area contributed by atoms with Crippen LogP contribution in [0.5, 0.6) is 5.75 Å². The van der Waals surface area contributed by atoms with Crippen molar-refractivity contribution in [3.63, 3.8) is 0 Å². The SMILES string of the molecule is O=C(NC(=O)N1CCN(c2ncc(C(F)(F)F)cc2Cl)CC1)c1ccccc1OC(F)(F)C(F)F. The Hall–Kier alpha value is -3.29. The Morgan fingerprint density at radius 3 is 2.26 bits per heavy atom. The molecular formula is C20H16ClF7N4O3. The van der Waals surface area contributed by atoms with Gasteiger partial charge in [-0.05, 0) is 18.2 Å². The number of carbonyl (C=O) groups excluding carboxylic acids is 2. The number of benzene rings is 1. The van der Waals surface area contributed by atoms with E-state index in [1.807, 2.05) is 5.32 Å². The molecule has 3 rings (SSSR count). The Morgan fingerprint density at radius 1 is 1.06 bits per heavy atom. The number of hydrogen-bond acceptors (Lipinski definition) is 5. The number of nitrogens with one attached hydrogen (secondary N) is 1. The Balaban J connectivity index is 1.62. The van der Waals surface area contributed by atoms with Crippen molar-refractivity contribution in [1.82, 2.24) is 15.2 Å². The topological polar surface area (TPSA) is 74.8 Å². The smallest absolute Gasteiger partial charge is 0.427 e. The number of piperazine rings is 1. The van der Waals surface area contributed by atoms with Gasteiger partial charge < -0.3 is 14.5 Å². The quantitative estimate of drug-likeness (QED) is 0.571. The number of pyridine rings is 1. The molecule has 2 aromatic rings. The average molecular weight is 529 g/mol. The van der Waals surface area contributed by atoms with E-state index in [1.54, 1.807) is 4.90 Å². The van der Waals surface area contributed by atoms with Gasteiger partial charge in [0.25, 0.3) is 5.91 Å². The van der Waals surface area contributed by atoms with E-state index in [2.05, 4.69) is 9.72 Å². The molecule has 0 bridgehead atoms. The van der Waals surface area contributed by atoms with E-state index in [4.69, 9.17) is 11.6 Å². The van der Waals surface area contributed by atoms with E-state index in [1.165, 1.54) is 17.0 Å². The molecule has 0 aliphatic carbocycles. The number of urea groups is 1. The van der Waals surface area contributed by atoms with Gasteiger partial charge in [0.05, 0.1) is 16.1 Å². The molecule has 1 aliphatic rings. The summed E-state index contributed by atoms with van der Waals surface area (Å²) in [5, 5.41) is 1.73. The lowest BCUT2D eigenvalue weighted by molar-refractivity contribution is -0.253. The van der Waals surface area contributed by atoms with Crippen LogP contribution in [0.4, 0.5) is 41.3 Å². The largest absolute Gasteiger partial charge is 0.461 e. The van der Waals surface area contributed by atoms with Crippen LogP contribution in [-0.4, -0.2) is 60.5 Å². The highest BCUT2D eigenvalue weighted by Crippen LogP contribution is 2.34. The molecule has 0 spiro atoms. The summed E-state index contributed by atoms with van der Waals surface area (Å²) in [5.41, 5.74) is -1.58. The first kappa shape index (κ1) is 26.3. The second kappa shape index (κ2) is 10.1. The minimum absolute atomic E-state index is 0.0136. The second-order valence-corrected chi connectivity index (χ2v) is 7.63. The van der Waals surface area contributed by atoms with Crippen LogP contribution >= 0.6 is 11.6 Å². The number of rotatable bonds is 5. The van der Waals surface area contributed by atoms with Crippen molar-refractivity contribution in [1.29, 1.82) is 0 Å². The number of nitrogens with zero attached hydrogens (tertiary/aromatic N) is 3. The summed E-state index contributed by atoms with van der Waals surface area (Å²) in [4.78, 5) is 31.3. The first-order valence-corrected chi connectivity index (χ1v) is 10.2. The molecule has 1 N–H and O–H groups in total. The molecule has 1 fully saturated rings. The highest BCUT2D eigenvalue weighted by Gasteiger charge is 2.44. The molecule has 3 amide bonds. The lowest BCUT2D eigenvalue weighted by Crippen LogP contribution is -2.53. The van der Waals surface area contributed by atoms with E-state index in [0.29, 0.717) is 6.20 Å². The number of anilines is 1. The molecule has 35 heavy (non-hydrogen) atoms. The first-order valence-electron chi connectivity index (χ1n) is 9.81. The Labute approximate surface area is 198 Å². The van der Waals surface area contributed by atoms with Gasteiger partial charge in [0.15, 0.2) is 0 Å². The van der Waals surface area contributed by atoms with Gasteiger partial charge in [0.1, 0.15) is 11.6 Å². The third kappa shape index (κ3) is 6.24. The zero-order valence-corrected chi connectivity index (χ0v) is 18.2. The van der Waals surface area contributed by atoms with E-state index in [-0.39, 0.29) is 37.0 Å². The predicted octanol–water partition coefficient (Wildman–Crippen LogP) is 4.66. The third-order valence-electron chi connectivity index (χ3n) is 4.87. The summed E-state index contributed by atoms with van der Waals surface area (Å²) in [5.74, 6) is -1.93. The fourth-order valence-electron chi connectivity index (χ4n) is 3.12. The number of alkyl halides is 7. The molecule has 1 aromatic heterocycles. The molecule has 1 saturated heterocycles. The molecule has 7 nitrogen and oxygen atoms in total. The van der Waals surface area contributed by atoms with Gasteiger partial charge in [-0.25, -0.2) is 9.78 Å². The van der Waals surface area contributed by atoms with Gasteiger partial charge in [0, 0.05) is 32.4 Å². The molecule has 190 valence electrons. The molecule has 2 heterocycles. The maximum absolute atomic E-state index is 13.3. The normalized spacial score (nSPS) is 14.8. The zero-order valence-electron chi connectivity index (χ0n) is 17.5. The molecule has 0 unspecified atom stereocenters. The van der Waals surface area contributed by atoms with Gasteiger partial charge in [0.2, 0.25) is 0 Å². The minimum Gasteiger partial charge on any atom is -0.427 e. The highest BCUT2D eigenvalue weighted by molar-refractivity contribution is 6.33. The fourth-order valence-corrected chi connectivity index (χ4v) is 3.40. The van der Waals surface area contributed by atoms with Crippen molar-refractivity contribution in [2.75, 3.05) is 31.1 Å². The van der Waals surface area contributed by atoms with E-state index < -0.39 is 47.5 Å². The monoisotopic (exact) mass is 528 g/mol. The van der Waals surface area contributed by atoms with Gasteiger partial charge in [-0.2, -0.15) is 30.7 Å². The number of halogens is 8. The molecule has 1 aliphatic heterocycles. The first-order chi connectivity index (χ1) is 16.3. The predicted molar refractivity (Wildman–Crippen MR) is 109 cm³/mol. The van der Waals surface area contributed by atoms with Gasteiger partial charge in [-0.1, -0.05) is 23.7 Å². The second-order valence-electron chi connectivity index (χ2n) is 7.22. The Kier molecular flexibility index (Phi) is 7.62. The average Bonchev–Trinajstić information content (AvgIpc) is 2.78. The fraction of sp³-hybridized carbons (Fsp3) is 0.350. The van der Waals surface area contributed by atoms with Crippen molar-refractivity contribution < 1.29 is 45.1 Å². The van der Waals surface area contributed by atoms with Crippen molar-refractivity contribution in [2.45, 2.75) is 18.7 Å². The molecular weight excluding hydrogens is 513 g/mol. The van der Waals surface area contributed by atoms with Crippen LogP contribution in [0.25, 0.3) is 0 Å². The lowest BCUT2D eigenvalue weighted by atomic mass is 10.2. The number of ether oxygens (including phenoxy) is 1. The van der Waals surface area contributed by atoms with Crippen LogP contribution in [0.15, 0.2) is 36.5 Å². The zero-order chi connectivity index (χ0) is 26.0. The summed E-state index contributed by atoms with van der Waals surface area (Å²) < 4.78 is 93.7. The van der Waals surface area contributed by atoms with Gasteiger partial charge in [-0.3, -0.25) is 10.1 Å². The molecule has 0 saturated carbocycles. The van der Waals surface area contributed by atoms with Gasteiger partial charge in [-0.15, -0.1) is 0 Å². The summed E-state index contributed by atoms with van der Waals surface area (Å²) >= 11 is 5.93. The maximum atomic E-state index is 13.3. The lowest BCUT2D eigenvalue weighted by Gasteiger charge is -2.35. The number of carbonyl (C=O) groups is 2.